The minimum Gasteiger partial charge on any atom is -0.299 e. The van der Waals surface area contributed by atoms with Crippen LogP contribution in [0, 0.1) is 5.41 Å². The summed E-state index contributed by atoms with van der Waals surface area (Å²) < 4.78 is 4.22. The van der Waals surface area contributed by atoms with E-state index in [0.29, 0.717) is 6.42 Å². The fourth-order valence-electron chi connectivity index (χ4n) is 1.09. The third-order valence-electron chi connectivity index (χ3n) is 2.13. The highest BCUT2D eigenvalue weighted by molar-refractivity contribution is 7.05. The standard InChI is InChI=1S/C11H18N2OS/c1-5-6-9-12-10(15-13-9)7-8(14)11(2,3)4/h5-7H2,1-4H3. The SMILES string of the molecule is CCCc1nsc(CC(=O)C(C)(C)C)n1. The summed E-state index contributed by atoms with van der Waals surface area (Å²) in [4.78, 5) is 16.1. The van der Waals surface area contributed by atoms with Gasteiger partial charge in [-0.3, -0.25) is 4.79 Å². The molecule has 1 rings (SSSR count). The van der Waals surface area contributed by atoms with Crippen LogP contribution in [0.5, 0.6) is 0 Å². The van der Waals surface area contributed by atoms with Crippen molar-refractivity contribution in [2.75, 3.05) is 0 Å². The number of ketones is 1. The van der Waals surface area contributed by atoms with Crippen LogP contribution in [-0.2, 0) is 17.6 Å². The van der Waals surface area contributed by atoms with E-state index in [1.54, 1.807) is 0 Å². The van der Waals surface area contributed by atoms with E-state index in [1.807, 2.05) is 20.8 Å². The second-order valence-electron chi connectivity index (χ2n) is 4.70. The summed E-state index contributed by atoms with van der Waals surface area (Å²) in [6.45, 7) is 7.90. The molecule has 0 aliphatic heterocycles. The van der Waals surface area contributed by atoms with Crippen LogP contribution in [-0.4, -0.2) is 15.1 Å². The lowest BCUT2D eigenvalue weighted by molar-refractivity contribution is -0.125. The van der Waals surface area contributed by atoms with Crippen LogP contribution in [0.3, 0.4) is 0 Å². The summed E-state index contributed by atoms with van der Waals surface area (Å²) in [6.07, 6.45) is 2.37. The number of nitrogens with zero attached hydrogens (tertiary/aromatic N) is 2. The molecule has 4 heteroatoms. The zero-order chi connectivity index (χ0) is 11.5. The molecule has 0 N–H and O–H groups in total. The highest BCUT2D eigenvalue weighted by atomic mass is 32.1. The van der Waals surface area contributed by atoms with Crippen LogP contribution in [0.2, 0.25) is 0 Å². The van der Waals surface area contributed by atoms with Crippen LogP contribution in [0.15, 0.2) is 0 Å². The molecule has 0 saturated carbocycles. The molecule has 0 fully saturated rings. The number of hydrogen-bond donors (Lipinski definition) is 0. The second-order valence-corrected chi connectivity index (χ2v) is 5.54. The average Bonchev–Trinajstić information content (AvgIpc) is 2.51. The topological polar surface area (TPSA) is 42.9 Å². The van der Waals surface area contributed by atoms with Crippen molar-refractivity contribution in [3.8, 4) is 0 Å². The molecular formula is C11H18N2OS. The quantitative estimate of drug-likeness (QED) is 0.792. The minimum atomic E-state index is -0.281. The minimum absolute atomic E-state index is 0.224. The largest absolute Gasteiger partial charge is 0.299 e. The van der Waals surface area contributed by atoms with E-state index in [9.17, 15) is 4.79 Å². The Morgan fingerprint density at radius 3 is 2.60 bits per heavy atom. The van der Waals surface area contributed by atoms with Gasteiger partial charge in [0.05, 0.1) is 6.42 Å². The van der Waals surface area contributed by atoms with Crippen molar-refractivity contribution < 1.29 is 4.79 Å². The lowest BCUT2D eigenvalue weighted by Crippen LogP contribution is -2.21. The molecule has 84 valence electrons. The number of aryl methyl sites for hydroxylation is 1. The molecular weight excluding hydrogens is 208 g/mol. The van der Waals surface area contributed by atoms with Gasteiger partial charge in [-0.1, -0.05) is 27.7 Å². The molecule has 0 radical (unpaired) electrons. The van der Waals surface area contributed by atoms with E-state index in [4.69, 9.17) is 0 Å². The molecule has 0 unspecified atom stereocenters. The van der Waals surface area contributed by atoms with Gasteiger partial charge in [-0.15, -0.1) is 0 Å². The first-order chi connectivity index (χ1) is 6.93. The van der Waals surface area contributed by atoms with E-state index < -0.39 is 0 Å². The zero-order valence-electron chi connectivity index (χ0n) is 9.83. The molecule has 15 heavy (non-hydrogen) atoms. The maximum absolute atomic E-state index is 11.7. The first kappa shape index (κ1) is 12.3. The third-order valence-corrected chi connectivity index (χ3v) is 2.88. The molecule has 0 bridgehead atoms. The van der Waals surface area contributed by atoms with Gasteiger partial charge in [0.1, 0.15) is 16.6 Å². The third kappa shape index (κ3) is 3.70. The Balaban J connectivity index is 2.61. The van der Waals surface area contributed by atoms with Gasteiger partial charge < -0.3 is 0 Å². The van der Waals surface area contributed by atoms with Crippen molar-refractivity contribution in [3.63, 3.8) is 0 Å². The monoisotopic (exact) mass is 226 g/mol. The van der Waals surface area contributed by atoms with E-state index in [2.05, 4.69) is 16.3 Å². The molecule has 0 aliphatic carbocycles. The Hall–Kier alpha value is -0.770. The van der Waals surface area contributed by atoms with Crippen molar-refractivity contribution in [1.29, 1.82) is 0 Å². The van der Waals surface area contributed by atoms with Crippen LogP contribution < -0.4 is 0 Å². The summed E-state index contributed by atoms with van der Waals surface area (Å²) in [5, 5.41) is 0.846. The molecule has 0 saturated heterocycles. The maximum atomic E-state index is 11.7. The summed E-state index contributed by atoms with van der Waals surface area (Å²) >= 11 is 1.35. The highest BCUT2D eigenvalue weighted by Crippen LogP contribution is 2.18. The first-order valence-corrected chi connectivity index (χ1v) is 6.05. The van der Waals surface area contributed by atoms with Crippen LogP contribution in [0.25, 0.3) is 0 Å². The smallest absolute Gasteiger partial charge is 0.145 e. The Bertz CT molecular complexity index is 339. The lowest BCUT2D eigenvalue weighted by atomic mass is 9.89. The van der Waals surface area contributed by atoms with E-state index in [0.717, 1.165) is 23.7 Å². The molecule has 0 spiro atoms. The number of rotatable bonds is 4. The van der Waals surface area contributed by atoms with Crippen LogP contribution >= 0.6 is 11.5 Å². The normalized spacial score (nSPS) is 11.7. The molecule has 1 heterocycles. The number of aromatic nitrogens is 2. The second kappa shape index (κ2) is 4.84. The molecule has 0 aromatic carbocycles. The number of hydrogen-bond acceptors (Lipinski definition) is 4. The van der Waals surface area contributed by atoms with Crippen molar-refractivity contribution >= 4 is 17.3 Å². The summed E-state index contributed by atoms with van der Waals surface area (Å²) in [6, 6.07) is 0. The predicted molar refractivity (Wildman–Crippen MR) is 62.1 cm³/mol. The fourth-order valence-corrected chi connectivity index (χ4v) is 1.77. The van der Waals surface area contributed by atoms with Crippen molar-refractivity contribution in [2.45, 2.75) is 47.0 Å². The summed E-state index contributed by atoms with van der Waals surface area (Å²) in [5.41, 5.74) is -0.281. The van der Waals surface area contributed by atoms with E-state index in [1.165, 1.54) is 11.5 Å². The van der Waals surface area contributed by atoms with Gasteiger partial charge >= 0.3 is 0 Å². The summed E-state index contributed by atoms with van der Waals surface area (Å²) in [5.74, 6) is 1.10. The van der Waals surface area contributed by atoms with E-state index >= 15 is 0 Å². The molecule has 3 nitrogen and oxygen atoms in total. The zero-order valence-corrected chi connectivity index (χ0v) is 10.6. The van der Waals surface area contributed by atoms with Gasteiger partial charge in [0.2, 0.25) is 0 Å². The Labute approximate surface area is 95.1 Å². The van der Waals surface area contributed by atoms with Gasteiger partial charge in [0.15, 0.2) is 0 Å². The fraction of sp³-hybridized carbons (Fsp3) is 0.727. The average molecular weight is 226 g/mol. The number of carbonyl (C=O) groups is 1. The molecule has 0 atom stereocenters. The Morgan fingerprint density at radius 2 is 2.07 bits per heavy atom. The Kier molecular flexibility index (Phi) is 3.97. The van der Waals surface area contributed by atoms with Crippen LogP contribution in [0.4, 0.5) is 0 Å². The number of Topliss-reactive ketones (excluding diaryl/α,β-unsaturated/α-hetero) is 1. The van der Waals surface area contributed by atoms with Gasteiger partial charge in [0, 0.05) is 11.8 Å². The van der Waals surface area contributed by atoms with Crippen molar-refractivity contribution in [1.82, 2.24) is 9.36 Å². The van der Waals surface area contributed by atoms with Gasteiger partial charge in [0.25, 0.3) is 0 Å². The molecule has 0 amide bonds. The predicted octanol–water partition coefficient (Wildman–Crippen LogP) is 2.65. The number of carbonyl (C=O) groups excluding carboxylic acids is 1. The highest BCUT2D eigenvalue weighted by Gasteiger charge is 2.22. The van der Waals surface area contributed by atoms with Crippen molar-refractivity contribution in [2.24, 2.45) is 5.41 Å². The molecule has 0 aliphatic rings. The maximum Gasteiger partial charge on any atom is 0.145 e. The summed E-state index contributed by atoms with van der Waals surface area (Å²) in [7, 11) is 0. The van der Waals surface area contributed by atoms with Gasteiger partial charge in [-0.25, -0.2) is 4.98 Å². The molecule has 1 aromatic heterocycles. The Morgan fingerprint density at radius 1 is 1.40 bits per heavy atom. The van der Waals surface area contributed by atoms with Crippen LogP contribution in [0.1, 0.15) is 44.9 Å². The first-order valence-electron chi connectivity index (χ1n) is 5.28. The molecule has 1 aromatic rings. The van der Waals surface area contributed by atoms with Crippen molar-refractivity contribution in [3.05, 3.63) is 10.8 Å². The lowest BCUT2D eigenvalue weighted by Gasteiger charge is -2.14. The van der Waals surface area contributed by atoms with Gasteiger partial charge in [-0.05, 0) is 18.0 Å². The van der Waals surface area contributed by atoms with Gasteiger partial charge in [-0.2, -0.15) is 4.37 Å². The van der Waals surface area contributed by atoms with E-state index in [-0.39, 0.29) is 11.2 Å².